The van der Waals surface area contributed by atoms with E-state index in [1.165, 1.54) is 36.9 Å². The molecule has 4 rings (SSSR count). The van der Waals surface area contributed by atoms with Gasteiger partial charge >= 0.3 is 5.97 Å². The summed E-state index contributed by atoms with van der Waals surface area (Å²) in [4.78, 5) is 13.1. The first-order chi connectivity index (χ1) is 15.5. The zero-order valence-electron chi connectivity index (χ0n) is 19.1. The van der Waals surface area contributed by atoms with Gasteiger partial charge in [-0.25, -0.2) is 4.79 Å². The van der Waals surface area contributed by atoms with Crippen LogP contribution in [0.1, 0.15) is 31.2 Å². The second-order valence-corrected chi connectivity index (χ2v) is 9.37. The molecule has 172 valence electrons. The maximum atomic E-state index is 10.7. The average molecular weight is 439 g/mol. The molecule has 2 aromatic rings. The molecular formula is C26H36N3O3+. The van der Waals surface area contributed by atoms with Crippen LogP contribution < -0.4 is 15.0 Å². The highest BCUT2D eigenvalue weighted by Gasteiger charge is 2.42. The summed E-state index contributed by atoms with van der Waals surface area (Å²) in [6, 6.07) is 20.2. The Morgan fingerprint density at radius 1 is 1.00 bits per heavy atom. The molecule has 0 amide bonds. The number of carboxylic acid groups (broad SMARTS) is 1. The van der Waals surface area contributed by atoms with Crippen molar-refractivity contribution in [2.75, 3.05) is 44.7 Å². The Morgan fingerprint density at radius 3 is 2.25 bits per heavy atom. The van der Waals surface area contributed by atoms with Gasteiger partial charge < -0.3 is 24.5 Å². The summed E-state index contributed by atoms with van der Waals surface area (Å²) < 4.78 is 6.41. The van der Waals surface area contributed by atoms with Crippen LogP contribution >= 0.6 is 0 Å². The Morgan fingerprint density at radius 2 is 1.62 bits per heavy atom. The number of hydrogen-bond donors (Lipinski definition) is 2. The van der Waals surface area contributed by atoms with E-state index < -0.39 is 5.97 Å². The van der Waals surface area contributed by atoms with Gasteiger partial charge in [0, 0.05) is 63.1 Å². The van der Waals surface area contributed by atoms with Gasteiger partial charge in [-0.05, 0) is 24.3 Å². The Labute approximate surface area is 191 Å². The highest BCUT2D eigenvalue weighted by molar-refractivity contribution is 5.68. The molecule has 0 aliphatic carbocycles. The lowest BCUT2D eigenvalue weighted by Crippen LogP contribution is -2.62. The molecule has 2 fully saturated rings. The lowest BCUT2D eigenvalue weighted by molar-refractivity contribution is -0.970. The van der Waals surface area contributed by atoms with Crippen LogP contribution in [0.4, 0.5) is 5.69 Å². The van der Waals surface area contributed by atoms with E-state index in [1.54, 1.807) is 0 Å². The van der Waals surface area contributed by atoms with Crippen molar-refractivity contribution in [2.45, 2.75) is 44.3 Å². The normalized spacial score (nSPS) is 20.0. The molecule has 0 aromatic heterocycles. The minimum absolute atomic E-state index is 0.306. The van der Waals surface area contributed by atoms with Crippen LogP contribution in [0.25, 0.3) is 0 Å². The summed E-state index contributed by atoms with van der Waals surface area (Å²) in [5, 5.41) is 12.3. The number of ether oxygens (including phenoxy) is 1. The van der Waals surface area contributed by atoms with Crippen LogP contribution in [0.15, 0.2) is 54.6 Å². The molecule has 0 saturated carbocycles. The summed E-state index contributed by atoms with van der Waals surface area (Å²) in [6.45, 7) is 5.15. The molecule has 32 heavy (non-hydrogen) atoms. The number of piperidine rings is 2. The van der Waals surface area contributed by atoms with Gasteiger partial charge in [-0.3, -0.25) is 0 Å². The van der Waals surface area contributed by atoms with Crippen molar-refractivity contribution in [3.8, 4) is 5.75 Å². The van der Waals surface area contributed by atoms with Gasteiger partial charge in [0.2, 0.25) is 0 Å². The van der Waals surface area contributed by atoms with Gasteiger partial charge in [0.1, 0.15) is 12.3 Å². The van der Waals surface area contributed by atoms with Crippen molar-refractivity contribution in [2.24, 2.45) is 0 Å². The second kappa shape index (κ2) is 10.4. The summed E-state index contributed by atoms with van der Waals surface area (Å²) in [7, 11) is 2.50. The van der Waals surface area contributed by atoms with Crippen LogP contribution in [-0.4, -0.2) is 67.5 Å². The number of hydrogen-bond acceptors (Lipinski definition) is 4. The van der Waals surface area contributed by atoms with Gasteiger partial charge in [-0.15, -0.1) is 0 Å². The minimum atomic E-state index is -0.957. The fraction of sp³-hybridized carbons (Fsp3) is 0.500. The minimum Gasteiger partial charge on any atom is -0.482 e. The van der Waals surface area contributed by atoms with Crippen LogP contribution in [0, 0.1) is 0 Å². The Balaban J connectivity index is 1.42. The number of benzene rings is 2. The molecule has 2 aromatic carbocycles. The summed E-state index contributed by atoms with van der Waals surface area (Å²) in [5.41, 5.74) is 2.62. The van der Waals surface area contributed by atoms with Crippen molar-refractivity contribution in [3.05, 3.63) is 60.2 Å². The largest absolute Gasteiger partial charge is 0.482 e. The van der Waals surface area contributed by atoms with E-state index in [2.05, 4.69) is 47.6 Å². The standard InChI is InChI=1S/C26H35N3O3/c1-29(23-11-15-27-16-12-23,19-21-5-3-2-4-6-21)24-13-17-28(18-14-24)22-7-9-25(10-8-22)32-20-26(30)31/h2-10,23-24,27H,11-20H2,1H3/p+1. The van der Waals surface area contributed by atoms with Crippen LogP contribution in [0.3, 0.4) is 0 Å². The Bertz CT molecular complexity index is 860. The SMILES string of the molecule is C[N+](Cc1ccccc1)(C1CCNCC1)C1CCN(c2ccc(OCC(=O)O)cc2)CC1. The summed E-state index contributed by atoms with van der Waals surface area (Å²) >= 11 is 0. The van der Waals surface area contributed by atoms with Gasteiger partial charge in [-0.1, -0.05) is 30.3 Å². The van der Waals surface area contributed by atoms with Crippen LogP contribution in [0.2, 0.25) is 0 Å². The van der Waals surface area contributed by atoms with E-state index in [-0.39, 0.29) is 6.61 Å². The van der Waals surface area contributed by atoms with Crippen molar-refractivity contribution in [1.29, 1.82) is 0 Å². The lowest BCUT2D eigenvalue weighted by Gasteiger charge is -2.51. The van der Waals surface area contributed by atoms with Crippen LogP contribution in [0.5, 0.6) is 5.75 Å². The maximum absolute atomic E-state index is 10.7. The maximum Gasteiger partial charge on any atom is 0.341 e. The molecule has 2 N–H and O–H groups in total. The fourth-order valence-corrected chi connectivity index (χ4v) is 5.54. The Hall–Kier alpha value is -2.57. The Kier molecular flexibility index (Phi) is 7.33. The molecule has 0 bridgehead atoms. The first-order valence-electron chi connectivity index (χ1n) is 11.8. The number of aliphatic carboxylic acids is 1. The molecule has 2 aliphatic heterocycles. The molecule has 1 atom stereocenters. The monoisotopic (exact) mass is 438 g/mol. The number of carboxylic acids is 1. The second-order valence-electron chi connectivity index (χ2n) is 9.37. The zero-order valence-corrected chi connectivity index (χ0v) is 19.1. The third kappa shape index (κ3) is 5.43. The van der Waals surface area contributed by atoms with Crippen molar-refractivity contribution in [3.63, 3.8) is 0 Å². The first-order valence-corrected chi connectivity index (χ1v) is 11.8. The third-order valence-corrected chi connectivity index (χ3v) is 7.37. The lowest BCUT2D eigenvalue weighted by atomic mass is 9.92. The molecule has 2 saturated heterocycles. The molecule has 2 aliphatic rings. The molecular weight excluding hydrogens is 402 g/mol. The fourth-order valence-electron chi connectivity index (χ4n) is 5.54. The number of nitrogens with one attached hydrogen (secondary N) is 1. The highest BCUT2D eigenvalue weighted by atomic mass is 16.5. The average Bonchev–Trinajstić information content (AvgIpc) is 2.84. The van der Waals surface area contributed by atoms with Crippen LogP contribution in [-0.2, 0) is 11.3 Å². The topological polar surface area (TPSA) is 61.8 Å². The number of quaternary nitrogens is 1. The van der Waals surface area contributed by atoms with Gasteiger partial charge in [0.25, 0.3) is 0 Å². The van der Waals surface area contributed by atoms with Crippen molar-refractivity contribution >= 4 is 11.7 Å². The molecule has 1 unspecified atom stereocenters. The van der Waals surface area contributed by atoms with E-state index in [1.807, 2.05) is 24.3 Å². The number of nitrogens with zero attached hydrogens (tertiary/aromatic N) is 2. The number of carbonyl (C=O) groups is 1. The zero-order chi connectivity index (χ0) is 22.4. The predicted octanol–water partition coefficient (Wildman–Crippen LogP) is 3.52. The van der Waals surface area contributed by atoms with Crippen molar-refractivity contribution in [1.82, 2.24) is 5.32 Å². The van der Waals surface area contributed by atoms with E-state index in [0.717, 1.165) is 37.2 Å². The summed E-state index contributed by atoms with van der Waals surface area (Å²) in [5.74, 6) is -0.356. The van der Waals surface area contributed by atoms with Crippen molar-refractivity contribution < 1.29 is 19.1 Å². The quantitative estimate of drug-likeness (QED) is 0.618. The smallest absolute Gasteiger partial charge is 0.341 e. The van der Waals surface area contributed by atoms with Gasteiger partial charge in [-0.2, -0.15) is 0 Å². The highest BCUT2D eigenvalue weighted by Crippen LogP contribution is 2.33. The molecule has 6 nitrogen and oxygen atoms in total. The van der Waals surface area contributed by atoms with E-state index in [0.29, 0.717) is 17.8 Å². The molecule has 0 spiro atoms. The first kappa shape index (κ1) is 22.6. The third-order valence-electron chi connectivity index (χ3n) is 7.37. The number of anilines is 1. The molecule has 2 heterocycles. The van der Waals surface area contributed by atoms with E-state index in [9.17, 15) is 4.79 Å². The van der Waals surface area contributed by atoms with E-state index >= 15 is 0 Å². The summed E-state index contributed by atoms with van der Waals surface area (Å²) in [6.07, 6.45) is 4.87. The van der Waals surface area contributed by atoms with Gasteiger partial charge in [0.15, 0.2) is 6.61 Å². The predicted molar refractivity (Wildman–Crippen MR) is 127 cm³/mol. The van der Waals surface area contributed by atoms with E-state index in [4.69, 9.17) is 9.84 Å². The number of rotatable bonds is 8. The molecule has 6 heteroatoms. The van der Waals surface area contributed by atoms with Gasteiger partial charge in [0.05, 0.1) is 19.1 Å². The molecule has 0 radical (unpaired) electrons.